The predicted octanol–water partition coefficient (Wildman–Crippen LogP) is 2.37. The maximum Gasteiger partial charge on any atom is 0.0691 e. The molecule has 0 aromatic carbocycles. The van der Waals surface area contributed by atoms with Crippen molar-refractivity contribution in [3.8, 4) is 0 Å². The van der Waals surface area contributed by atoms with Crippen LogP contribution in [0.3, 0.4) is 0 Å². The van der Waals surface area contributed by atoms with Crippen molar-refractivity contribution >= 4 is 24.8 Å². The van der Waals surface area contributed by atoms with E-state index >= 15 is 0 Å². The smallest absolute Gasteiger partial charge is 0.0691 e. The van der Waals surface area contributed by atoms with Crippen molar-refractivity contribution in [3.05, 3.63) is 0 Å². The van der Waals surface area contributed by atoms with Crippen LogP contribution in [0.15, 0.2) is 0 Å². The number of nitrogens with two attached hydrogens (primary N) is 1. The van der Waals surface area contributed by atoms with Gasteiger partial charge in [-0.1, -0.05) is 19.3 Å². The van der Waals surface area contributed by atoms with Gasteiger partial charge in [-0.15, -0.1) is 24.8 Å². The first kappa shape index (κ1) is 17.8. The van der Waals surface area contributed by atoms with Crippen LogP contribution in [0.5, 0.6) is 0 Å². The minimum absolute atomic E-state index is 0. The Balaban J connectivity index is 0. The Morgan fingerprint density at radius 1 is 1.20 bits per heavy atom. The number of halogens is 2. The van der Waals surface area contributed by atoms with Gasteiger partial charge in [-0.2, -0.15) is 0 Å². The zero-order valence-corrected chi connectivity index (χ0v) is 11.1. The second kappa shape index (κ2) is 11.0. The van der Waals surface area contributed by atoms with Crippen molar-refractivity contribution in [1.29, 1.82) is 0 Å². The summed E-state index contributed by atoms with van der Waals surface area (Å²) in [5.41, 5.74) is 0. The van der Waals surface area contributed by atoms with E-state index in [2.05, 4.69) is 16.8 Å². The van der Waals surface area contributed by atoms with Gasteiger partial charge in [0.1, 0.15) is 0 Å². The minimum atomic E-state index is 0. The lowest BCUT2D eigenvalue weighted by molar-refractivity contribution is 0.114. The van der Waals surface area contributed by atoms with Gasteiger partial charge in [-0.25, -0.2) is 5.90 Å². The molecule has 0 aromatic heterocycles. The normalized spacial score (nSPS) is 17.0. The molecule has 1 aliphatic carbocycles. The van der Waals surface area contributed by atoms with Gasteiger partial charge in [0, 0.05) is 12.6 Å². The summed E-state index contributed by atoms with van der Waals surface area (Å²) in [7, 11) is 2.21. The topological polar surface area (TPSA) is 38.5 Å². The van der Waals surface area contributed by atoms with Crippen molar-refractivity contribution in [1.82, 2.24) is 4.90 Å². The van der Waals surface area contributed by atoms with Gasteiger partial charge >= 0.3 is 0 Å². The van der Waals surface area contributed by atoms with Crippen molar-refractivity contribution in [2.75, 3.05) is 20.2 Å². The van der Waals surface area contributed by atoms with Crippen LogP contribution in [-0.4, -0.2) is 31.1 Å². The Hall–Kier alpha value is 0.460. The largest absolute Gasteiger partial charge is 0.305 e. The Morgan fingerprint density at radius 2 is 1.80 bits per heavy atom. The van der Waals surface area contributed by atoms with Crippen LogP contribution >= 0.6 is 24.8 Å². The highest BCUT2D eigenvalue weighted by molar-refractivity contribution is 5.85. The first-order chi connectivity index (χ1) is 6.34. The molecule has 94 valence electrons. The zero-order valence-electron chi connectivity index (χ0n) is 9.48. The van der Waals surface area contributed by atoms with E-state index in [4.69, 9.17) is 5.90 Å². The molecule has 0 amide bonds. The Bertz CT molecular complexity index is 133. The van der Waals surface area contributed by atoms with E-state index < -0.39 is 0 Å². The standard InChI is InChI=1S/C10H22N2O.2ClH/c1-12(8-5-9-13-11)10-6-3-2-4-7-10;;/h10H,2-9,11H2,1H3;2*1H. The van der Waals surface area contributed by atoms with Gasteiger partial charge in [-0.3, -0.25) is 0 Å². The number of hydrogen-bond donors (Lipinski definition) is 1. The van der Waals surface area contributed by atoms with E-state index in [0.29, 0.717) is 6.61 Å². The molecule has 15 heavy (non-hydrogen) atoms. The van der Waals surface area contributed by atoms with Crippen LogP contribution in [0, 0.1) is 0 Å². The maximum atomic E-state index is 4.97. The van der Waals surface area contributed by atoms with E-state index in [0.717, 1.165) is 19.0 Å². The summed E-state index contributed by atoms with van der Waals surface area (Å²) in [5, 5.41) is 0. The summed E-state index contributed by atoms with van der Waals surface area (Å²) in [5.74, 6) is 4.97. The molecule has 1 rings (SSSR count). The van der Waals surface area contributed by atoms with E-state index in [9.17, 15) is 0 Å². The highest BCUT2D eigenvalue weighted by Gasteiger charge is 2.16. The fourth-order valence-corrected chi connectivity index (χ4v) is 2.10. The molecular weight excluding hydrogens is 235 g/mol. The van der Waals surface area contributed by atoms with Gasteiger partial charge in [0.25, 0.3) is 0 Å². The molecule has 0 aliphatic heterocycles. The molecule has 1 saturated carbocycles. The van der Waals surface area contributed by atoms with E-state index in [-0.39, 0.29) is 24.8 Å². The first-order valence-electron chi connectivity index (χ1n) is 5.36. The van der Waals surface area contributed by atoms with Crippen molar-refractivity contribution in [2.24, 2.45) is 5.90 Å². The van der Waals surface area contributed by atoms with Gasteiger partial charge in [0.2, 0.25) is 0 Å². The summed E-state index contributed by atoms with van der Waals surface area (Å²) < 4.78 is 0. The molecule has 0 saturated heterocycles. The fourth-order valence-electron chi connectivity index (χ4n) is 2.10. The van der Waals surface area contributed by atoms with Crippen LogP contribution in [0.4, 0.5) is 0 Å². The lowest BCUT2D eigenvalue weighted by Crippen LogP contribution is -2.34. The van der Waals surface area contributed by atoms with Gasteiger partial charge in [0.05, 0.1) is 6.61 Å². The molecule has 5 heteroatoms. The van der Waals surface area contributed by atoms with E-state index in [1.807, 2.05) is 0 Å². The van der Waals surface area contributed by atoms with Crippen LogP contribution in [-0.2, 0) is 4.84 Å². The molecule has 0 unspecified atom stereocenters. The highest BCUT2D eigenvalue weighted by Crippen LogP contribution is 2.21. The maximum absolute atomic E-state index is 4.97. The lowest BCUT2D eigenvalue weighted by Gasteiger charge is -2.31. The summed E-state index contributed by atoms with van der Waals surface area (Å²) in [6, 6.07) is 0.812. The van der Waals surface area contributed by atoms with Crippen LogP contribution < -0.4 is 5.90 Å². The number of hydrogen-bond acceptors (Lipinski definition) is 3. The molecule has 0 atom stereocenters. The summed E-state index contributed by atoms with van der Waals surface area (Å²) in [6.07, 6.45) is 8.03. The molecule has 0 radical (unpaired) electrons. The first-order valence-corrected chi connectivity index (χ1v) is 5.36. The Morgan fingerprint density at radius 3 is 2.33 bits per heavy atom. The molecule has 0 spiro atoms. The highest BCUT2D eigenvalue weighted by atomic mass is 35.5. The minimum Gasteiger partial charge on any atom is -0.305 e. The quantitative estimate of drug-likeness (QED) is 0.608. The van der Waals surface area contributed by atoms with Crippen LogP contribution in [0.1, 0.15) is 38.5 Å². The molecule has 0 bridgehead atoms. The third-order valence-corrected chi connectivity index (χ3v) is 2.97. The fraction of sp³-hybridized carbons (Fsp3) is 1.00. The van der Waals surface area contributed by atoms with Gasteiger partial charge < -0.3 is 9.74 Å². The van der Waals surface area contributed by atoms with Crippen molar-refractivity contribution in [3.63, 3.8) is 0 Å². The van der Waals surface area contributed by atoms with Crippen molar-refractivity contribution in [2.45, 2.75) is 44.6 Å². The summed E-state index contributed by atoms with van der Waals surface area (Å²) >= 11 is 0. The Labute approximate surface area is 105 Å². The van der Waals surface area contributed by atoms with Crippen LogP contribution in [0.2, 0.25) is 0 Å². The van der Waals surface area contributed by atoms with Crippen LogP contribution in [0.25, 0.3) is 0 Å². The summed E-state index contributed by atoms with van der Waals surface area (Å²) in [4.78, 5) is 7.01. The average molecular weight is 259 g/mol. The third-order valence-electron chi connectivity index (χ3n) is 2.97. The molecule has 2 N–H and O–H groups in total. The van der Waals surface area contributed by atoms with Crippen molar-refractivity contribution < 1.29 is 4.84 Å². The van der Waals surface area contributed by atoms with Gasteiger partial charge in [0.15, 0.2) is 0 Å². The lowest BCUT2D eigenvalue weighted by atomic mass is 9.94. The third kappa shape index (κ3) is 7.36. The predicted molar refractivity (Wildman–Crippen MR) is 68.8 cm³/mol. The Kier molecular flexibility index (Phi) is 13.0. The number of rotatable bonds is 5. The van der Waals surface area contributed by atoms with Gasteiger partial charge in [-0.05, 0) is 26.3 Å². The molecule has 1 aliphatic rings. The molecule has 1 fully saturated rings. The molecule has 0 heterocycles. The second-order valence-corrected chi connectivity index (χ2v) is 4.00. The molecular formula is C10H24Cl2N2O. The SMILES string of the molecule is CN(CCCON)C1CCCCC1.Cl.Cl. The molecule has 3 nitrogen and oxygen atoms in total. The monoisotopic (exact) mass is 258 g/mol. The zero-order chi connectivity index (χ0) is 9.52. The van der Waals surface area contributed by atoms with E-state index in [1.165, 1.54) is 32.1 Å². The number of nitrogens with zero attached hydrogens (tertiary/aromatic N) is 1. The average Bonchev–Trinajstić information content (AvgIpc) is 2.19. The summed E-state index contributed by atoms with van der Waals surface area (Å²) in [6.45, 7) is 1.79. The van der Waals surface area contributed by atoms with E-state index in [1.54, 1.807) is 0 Å². The molecule has 0 aromatic rings. The second-order valence-electron chi connectivity index (χ2n) is 4.00.